The van der Waals surface area contributed by atoms with Crippen molar-refractivity contribution < 1.29 is 9.59 Å². The van der Waals surface area contributed by atoms with E-state index in [4.69, 9.17) is 0 Å². The van der Waals surface area contributed by atoms with Gasteiger partial charge in [-0.2, -0.15) is 0 Å². The minimum absolute atomic E-state index is 0.0675. The number of anilines is 1. The van der Waals surface area contributed by atoms with Gasteiger partial charge in [0.1, 0.15) is 17.3 Å². The molecule has 2 saturated heterocycles. The lowest BCUT2D eigenvalue weighted by Gasteiger charge is -2.32. The number of piperazine rings is 1. The van der Waals surface area contributed by atoms with Crippen molar-refractivity contribution in [2.24, 2.45) is 0 Å². The van der Waals surface area contributed by atoms with Gasteiger partial charge in [0.25, 0.3) is 5.91 Å². The standard InChI is InChI=1S/C17H25N5O2/c1-14-18-15(17(24)22-10-8-20(13-23)9-11-22)12-16(19-14)21-6-4-2-3-5-7-21/h12-13H,2-11H2,1H3. The number of hydrogen-bond donors (Lipinski definition) is 0. The molecule has 0 spiro atoms. The van der Waals surface area contributed by atoms with Crippen molar-refractivity contribution in [2.45, 2.75) is 32.6 Å². The average molecular weight is 331 g/mol. The monoisotopic (exact) mass is 331 g/mol. The summed E-state index contributed by atoms with van der Waals surface area (Å²) in [5.41, 5.74) is 0.460. The van der Waals surface area contributed by atoms with E-state index in [1.54, 1.807) is 9.80 Å². The number of nitrogens with zero attached hydrogens (tertiary/aromatic N) is 5. The van der Waals surface area contributed by atoms with E-state index < -0.39 is 0 Å². The van der Waals surface area contributed by atoms with Crippen LogP contribution < -0.4 is 4.90 Å². The SMILES string of the molecule is Cc1nc(C(=O)N2CCN(C=O)CC2)cc(N2CCCCCC2)n1. The van der Waals surface area contributed by atoms with E-state index in [9.17, 15) is 9.59 Å². The topological polar surface area (TPSA) is 69.6 Å². The minimum atomic E-state index is -0.0675. The lowest BCUT2D eigenvalue weighted by molar-refractivity contribution is -0.119. The van der Waals surface area contributed by atoms with Crippen molar-refractivity contribution in [3.8, 4) is 0 Å². The lowest BCUT2D eigenvalue weighted by Crippen LogP contribution is -2.48. The maximum absolute atomic E-state index is 12.8. The third-order valence-electron chi connectivity index (χ3n) is 4.72. The minimum Gasteiger partial charge on any atom is -0.356 e. The maximum Gasteiger partial charge on any atom is 0.272 e. The van der Waals surface area contributed by atoms with Gasteiger partial charge < -0.3 is 14.7 Å². The molecule has 2 aliphatic rings. The van der Waals surface area contributed by atoms with E-state index >= 15 is 0 Å². The number of carbonyl (C=O) groups is 2. The molecular weight excluding hydrogens is 306 g/mol. The van der Waals surface area contributed by atoms with Gasteiger partial charge in [0.15, 0.2) is 0 Å². The fourth-order valence-corrected chi connectivity index (χ4v) is 3.32. The Labute approximate surface area is 142 Å². The highest BCUT2D eigenvalue weighted by molar-refractivity contribution is 5.93. The third kappa shape index (κ3) is 3.83. The molecule has 0 aliphatic carbocycles. The Kier molecular flexibility index (Phi) is 5.27. The van der Waals surface area contributed by atoms with E-state index in [0.29, 0.717) is 37.7 Å². The molecule has 0 bridgehead atoms. The molecule has 0 aromatic carbocycles. The second-order valence-electron chi connectivity index (χ2n) is 6.49. The normalized spacial score (nSPS) is 19.1. The molecule has 0 atom stereocenters. The summed E-state index contributed by atoms with van der Waals surface area (Å²) in [6.07, 6.45) is 5.69. The van der Waals surface area contributed by atoms with Gasteiger partial charge in [-0.05, 0) is 19.8 Å². The second-order valence-corrected chi connectivity index (χ2v) is 6.49. The van der Waals surface area contributed by atoms with E-state index in [1.165, 1.54) is 25.7 Å². The van der Waals surface area contributed by atoms with Crippen LogP contribution in [0.5, 0.6) is 0 Å². The predicted molar refractivity (Wildman–Crippen MR) is 91.0 cm³/mol. The molecule has 3 heterocycles. The summed E-state index contributed by atoms with van der Waals surface area (Å²) in [5.74, 6) is 1.42. The first-order valence-corrected chi connectivity index (χ1v) is 8.76. The number of amides is 2. The van der Waals surface area contributed by atoms with Gasteiger partial charge in [0.2, 0.25) is 6.41 Å². The van der Waals surface area contributed by atoms with Gasteiger partial charge in [-0.15, -0.1) is 0 Å². The summed E-state index contributed by atoms with van der Waals surface area (Å²) >= 11 is 0. The van der Waals surface area contributed by atoms with Gasteiger partial charge in [-0.3, -0.25) is 9.59 Å². The lowest BCUT2D eigenvalue weighted by atomic mass is 10.2. The highest BCUT2D eigenvalue weighted by atomic mass is 16.2. The molecule has 0 N–H and O–H groups in total. The molecule has 130 valence electrons. The fraction of sp³-hybridized carbons (Fsp3) is 0.647. The molecule has 2 amide bonds. The number of aryl methyl sites for hydroxylation is 1. The van der Waals surface area contributed by atoms with Crippen LogP contribution in [0.2, 0.25) is 0 Å². The Morgan fingerprint density at radius 1 is 1.00 bits per heavy atom. The Hall–Kier alpha value is -2.18. The smallest absolute Gasteiger partial charge is 0.272 e. The molecule has 0 radical (unpaired) electrons. The Morgan fingerprint density at radius 2 is 1.67 bits per heavy atom. The zero-order valence-corrected chi connectivity index (χ0v) is 14.3. The van der Waals surface area contributed by atoms with Crippen molar-refractivity contribution in [1.82, 2.24) is 19.8 Å². The summed E-state index contributed by atoms with van der Waals surface area (Å²) in [6, 6.07) is 1.83. The van der Waals surface area contributed by atoms with Crippen LogP contribution in [0.15, 0.2) is 6.07 Å². The van der Waals surface area contributed by atoms with Gasteiger partial charge in [0.05, 0.1) is 0 Å². The number of hydrogen-bond acceptors (Lipinski definition) is 5. The van der Waals surface area contributed by atoms with Crippen LogP contribution in [0.3, 0.4) is 0 Å². The summed E-state index contributed by atoms with van der Waals surface area (Å²) in [5, 5.41) is 0. The third-order valence-corrected chi connectivity index (χ3v) is 4.72. The number of rotatable bonds is 3. The highest BCUT2D eigenvalue weighted by Crippen LogP contribution is 2.19. The maximum atomic E-state index is 12.8. The quantitative estimate of drug-likeness (QED) is 0.775. The molecule has 2 aliphatic heterocycles. The van der Waals surface area contributed by atoms with E-state index in [-0.39, 0.29) is 5.91 Å². The largest absolute Gasteiger partial charge is 0.356 e. The van der Waals surface area contributed by atoms with Crippen LogP contribution >= 0.6 is 0 Å². The Balaban J connectivity index is 1.75. The first kappa shape index (κ1) is 16.7. The first-order chi connectivity index (χ1) is 11.7. The van der Waals surface area contributed by atoms with Crippen molar-refractivity contribution >= 4 is 18.1 Å². The average Bonchev–Trinajstić information content (AvgIpc) is 2.90. The second kappa shape index (κ2) is 7.59. The van der Waals surface area contributed by atoms with Crippen molar-refractivity contribution in [3.05, 3.63) is 17.6 Å². The molecule has 7 nitrogen and oxygen atoms in total. The first-order valence-electron chi connectivity index (χ1n) is 8.76. The van der Waals surface area contributed by atoms with Crippen LogP contribution in [-0.4, -0.2) is 71.4 Å². The van der Waals surface area contributed by atoms with Crippen LogP contribution in [-0.2, 0) is 4.79 Å². The summed E-state index contributed by atoms with van der Waals surface area (Å²) < 4.78 is 0. The Morgan fingerprint density at radius 3 is 2.29 bits per heavy atom. The molecule has 0 unspecified atom stereocenters. The molecule has 7 heteroatoms. The van der Waals surface area contributed by atoms with Gasteiger partial charge in [-0.25, -0.2) is 9.97 Å². The molecule has 2 fully saturated rings. The summed E-state index contributed by atoms with van der Waals surface area (Å²) in [4.78, 5) is 38.2. The van der Waals surface area contributed by atoms with E-state index in [2.05, 4.69) is 14.9 Å². The molecule has 1 aromatic heterocycles. The Bertz CT molecular complexity index is 591. The molecule has 3 rings (SSSR count). The van der Waals surface area contributed by atoms with Crippen LogP contribution in [0.4, 0.5) is 5.82 Å². The highest BCUT2D eigenvalue weighted by Gasteiger charge is 2.24. The van der Waals surface area contributed by atoms with Gasteiger partial charge >= 0.3 is 0 Å². The summed E-state index contributed by atoms with van der Waals surface area (Å²) in [7, 11) is 0. The number of aromatic nitrogens is 2. The van der Waals surface area contributed by atoms with Crippen LogP contribution in [0.25, 0.3) is 0 Å². The van der Waals surface area contributed by atoms with E-state index in [0.717, 1.165) is 25.3 Å². The molecule has 1 aromatic rings. The molecule has 24 heavy (non-hydrogen) atoms. The van der Waals surface area contributed by atoms with Crippen LogP contribution in [0.1, 0.15) is 42.0 Å². The zero-order valence-electron chi connectivity index (χ0n) is 14.3. The van der Waals surface area contributed by atoms with Crippen molar-refractivity contribution in [2.75, 3.05) is 44.2 Å². The van der Waals surface area contributed by atoms with Crippen LogP contribution in [0, 0.1) is 6.92 Å². The fourth-order valence-electron chi connectivity index (χ4n) is 3.32. The van der Waals surface area contributed by atoms with Crippen molar-refractivity contribution in [1.29, 1.82) is 0 Å². The van der Waals surface area contributed by atoms with E-state index in [1.807, 2.05) is 13.0 Å². The van der Waals surface area contributed by atoms with Crippen molar-refractivity contribution in [3.63, 3.8) is 0 Å². The predicted octanol–water partition coefficient (Wildman–Crippen LogP) is 1.08. The molecule has 0 saturated carbocycles. The zero-order chi connectivity index (χ0) is 16.9. The van der Waals surface area contributed by atoms with Gasteiger partial charge in [0, 0.05) is 45.3 Å². The van der Waals surface area contributed by atoms with Gasteiger partial charge in [-0.1, -0.05) is 12.8 Å². The number of carbonyl (C=O) groups excluding carboxylic acids is 2. The molecular formula is C17H25N5O2. The summed E-state index contributed by atoms with van der Waals surface area (Å²) in [6.45, 7) is 6.09.